The monoisotopic (exact) mass is 419 g/mol. The summed E-state index contributed by atoms with van der Waals surface area (Å²) >= 11 is 2.99. The molecular formula is C23H21N3OS2. The third kappa shape index (κ3) is 4.52. The summed E-state index contributed by atoms with van der Waals surface area (Å²) in [5.74, 6) is 0.437. The van der Waals surface area contributed by atoms with Gasteiger partial charge in [-0.1, -0.05) is 48.2 Å². The van der Waals surface area contributed by atoms with Gasteiger partial charge in [0.1, 0.15) is 11.1 Å². The van der Waals surface area contributed by atoms with Crippen molar-refractivity contribution in [2.75, 3.05) is 18.8 Å². The molecule has 0 unspecified atom stereocenters. The van der Waals surface area contributed by atoms with Gasteiger partial charge in [-0.25, -0.2) is 4.98 Å². The van der Waals surface area contributed by atoms with E-state index in [4.69, 9.17) is 4.98 Å². The molecule has 0 aliphatic carbocycles. The van der Waals surface area contributed by atoms with Crippen LogP contribution in [0.1, 0.15) is 24.8 Å². The van der Waals surface area contributed by atoms with E-state index in [2.05, 4.69) is 6.07 Å². The van der Waals surface area contributed by atoms with Gasteiger partial charge in [-0.15, -0.1) is 11.3 Å². The number of aromatic nitrogens is 1. The van der Waals surface area contributed by atoms with Crippen LogP contribution in [0.3, 0.4) is 0 Å². The molecule has 1 amide bonds. The minimum absolute atomic E-state index is 0.128. The fourth-order valence-electron chi connectivity index (χ4n) is 3.49. The average molecular weight is 420 g/mol. The van der Waals surface area contributed by atoms with E-state index in [0.29, 0.717) is 16.3 Å². The number of amides is 1. The number of benzene rings is 1. The molecule has 3 heterocycles. The summed E-state index contributed by atoms with van der Waals surface area (Å²) in [4.78, 5) is 20.4. The number of thioether (sulfide) groups is 1. The highest BCUT2D eigenvalue weighted by atomic mass is 32.2. The number of nitriles is 1. The normalized spacial score (nSPS) is 13.8. The largest absolute Gasteiger partial charge is 0.342 e. The molecule has 1 saturated heterocycles. The highest BCUT2D eigenvalue weighted by Gasteiger charge is 2.20. The van der Waals surface area contributed by atoms with Crippen molar-refractivity contribution in [1.29, 1.82) is 5.26 Å². The Morgan fingerprint density at radius 1 is 1.14 bits per heavy atom. The van der Waals surface area contributed by atoms with Gasteiger partial charge in [0.25, 0.3) is 0 Å². The number of carbonyl (C=O) groups is 1. The highest BCUT2D eigenvalue weighted by Crippen LogP contribution is 2.35. The number of piperidine rings is 1. The quantitative estimate of drug-likeness (QED) is 0.516. The fourth-order valence-corrected chi connectivity index (χ4v) is 5.09. The number of likely N-dealkylation sites (tertiary alicyclic amines) is 1. The molecule has 6 heteroatoms. The van der Waals surface area contributed by atoms with E-state index >= 15 is 0 Å². The van der Waals surface area contributed by atoms with Crippen LogP contribution >= 0.6 is 23.1 Å². The van der Waals surface area contributed by atoms with Crippen molar-refractivity contribution in [3.63, 3.8) is 0 Å². The summed E-state index contributed by atoms with van der Waals surface area (Å²) < 4.78 is 0. The summed E-state index contributed by atoms with van der Waals surface area (Å²) in [7, 11) is 0. The molecule has 4 nitrogen and oxygen atoms in total. The molecule has 1 aliphatic rings. The predicted molar refractivity (Wildman–Crippen MR) is 119 cm³/mol. The van der Waals surface area contributed by atoms with Crippen LogP contribution < -0.4 is 0 Å². The molecule has 29 heavy (non-hydrogen) atoms. The average Bonchev–Trinajstić information content (AvgIpc) is 3.33. The van der Waals surface area contributed by atoms with E-state index in [9.17, 15) is 10.1 Å². The van der Waals surface area contributed by atoms with Gasteiger partial charge in [-0.2, -0.15) is 5.26 Å². The van der Waals surface area contributed by atoms with Crippen molar-refractivity contribution in [3.8, 4) is 27.8 Å². The highest BCUT2D eigenvalue weighted by molar-refractivity contribution is 8.00. The number of carbonyl (C=O) groups excluding carboxylic acids is 1. The Kier molecular flexibility index (Phi) is 6.28. The summed E-state index contributed by atoms with van der Waals surface area (Å²) in [6, 6.07) is 18.2. The number of nitrogens with zero attached hydrogens (tertiary/aromatic N) is 3. The number of thiophene rings is 1. The van der Waals surface area contributed by atoms with Crippen molar-refractivity contribution < 1.29 is 4.79 Å². The minimum Gasteiger partial charge on any atom is -0.342 e. The Balaban J connectivity index is 1.69. The van der Waals surface area contributed by atoms with Gasteiger partial charge in [0.15, 0.2) is 0 Å². The van der Waals surface area contributed by atoms with Crippen molar-refractivity contribution in [3.05, 3.63) is 59.5 Å². The first kappa shape index (κ1) is 19.7. The topological polar surface area (TPSA) is 57.0 Å². The Labute approximate surface area is 179 Å². The molecule has 2 aromatic heterocycles. The maximum atomic E-state index is 12.6. The van der Waals surface area contributed by atoms with E-state index in [-0.39, 0.29) is 5.91 Å². The third-order valence-corrected chi connectivity index (χ3v) is 6.85. The zero-order chi connectivity index (χ0) is 20.1. The van der Waals surface area contributed by atoms with E-state index in [1.54, 1.807) is 11.3 Å². The van der Waals surface area contributed by atoms with Gasteiger partial charge < -0.3 is 4.90 Å². The van der Waals surface area contributed by atoms with Gasteiger partial charge in [0.05, 0.1) is 21.9 Å². The molecule has 0 radical (unpaired) electrons. The number of hydrogen-bond acceptors (Lipinski definition) is 5. The molecule has 0 saturated carbocycles. The maximum Gasteiger partial charge on any atom is 0.232 e. The molecule has 1 aliphatic heterocycles. The van der Waals surface area contributed by atoms with Crippen LogP contribution in [-0.2, 0) is 4.79 Å². The third-order valence-electron chi connectivity index (χ3n) is 5.00. The van der Waals surface area contributed by atoms with Crippen molar-refractivity contribution in [2.45, 2.75) is 24.3 Å². The number of hydrogen-bond donors (Lipinski definition) is 0. The van der Waals surface area contributed by atoms with Gasteiger partial charge in [-0.05, 0) is 42.3 Å². The molecule has 146 valence electrons. The van der Waals surface area contributed by atoms with Crippen LogP contribution in [0.2, 0.25) is 0 Å². The Morgan fingerprint density at radius 2 is 1.93 bits per heavy atom. The van der Waals surface area contributed by atoms with Gasteiger partial charge in [0, 0.05) is 18.7 Å². The molecule has 0 N–H and O–H groups in total. The van der Waals surface area contributed by atoms with Crippen LogP contribution in [0, 0.1) is 11.3 Å². The second kappa shape index (κ2) is 9.25. The van der Waals surface area contributed by atoms with E-state index in [0.717, 1.165) is 47.6 Å². The number of rotatable bonds is 5. The van der Waals surface area contributed by atoms with Crippen LogP contribution in [-0.4, -0.2) is 34.6 Å². The molecule has 1 aromatic carbocycles. The van der Waals surface area contributed by atoms with E-state index in [1.807, 2.05) is 58.8 Å². The van der Waals surface area contributed by atoms with E-state index < -0.39 is 0 Å². The van der Waals surface area contributed by atoms with E-state index in [1.165, 1.54) is 18.2 Å². The smallest absolute Gasteiger partial charge is 0.232 e. The fraction of sp³-hybridized carbons (Fsp3) is 0.261. The van der Waals surface area contributed by atoms with Gasteiger partial charge in [-0.3, -0.25) is 4.79 Å². The Bertz CT molecular complexity index is 1020. The summed E-state index contributed by atoms with van der Waals surface area (Å²) in [6.45, 7) is 1.67. The first-order valence-electron chi connectivity index (χ1n) is 9.71. The number of pyridine rings is 1. The molecule has 0 bridgehead atoms. The minimum atomic E-state index is 0.128. The maximum absolute atomic E-state index is 12.6. The van der Waals surface area contributed by atoms with Crippen molar-refractivity contribution in [1.82, 2.24) is 9.88 Å². The second-order valence-electron chi connectivity index (χ2n) is 6.92. The molecule has 0 atom stereocenters. The molecule has 1 fully saturated rings. The summed E-state index contributed by atoms with van der Waals surface area (Å²) in [6.07, 6.45) is 3.34. The lowest BCUT2D eigenvalue weighted by Crippen LogP contribution is -2.36. The first-order valence-corrected chi connectivity index (χ1v) is 11.6. The lowest BCUT2D eigenvalue weighted by atomic mass is 10.0. The predicted octanol–water partition coefficient (Wildman–Crippen LogP) is 5.45. The molecular weight excluding hydrogens is 398 g/mol. The van der Waals surface area contributed by atoms with Gasteiger partial charge >= 0.3 is 0 Å². The summed E-state index contributed by atoms with van der Waals surface area (Å²) in [5.41, 5.74) is 3.21. The Morgan fingerprint density at radius 3 is 2.62 bits per heavy atom. The van der Waals surface area contributed by atoms with Crippen LogP contribution in [0.25, 0.3) is 21.7 Å². The lowest BCUT2D eigenvalue weighted by Gasteiger charge is -2.26. The lowest BCUT2D eigenvalue weighted by molar-refractivity contribution is -0.129. The zero-order valence-corrected chi connectivity index (χ0v) is 17.6. The molecule has 3 aromatic rings. The van der Waals surface area contributed by atoms with Crippen LogP contribution in [0.5, 0.6) is 0 Å². The second-order valence-corrected chi connectivity index (χ2v) is 8.83. The first-order chi connectivity index (χ1) is 14.3. The SMILES string of the molecule is N#Cc1c(-c2ccccc2)cc(-c2cccs2)nc1SCC(=O)N1CCCCC1. The van der Waals surface area contributed by atoms with Crippen molar-refractivity contribution >= 4 is 29.0 Å². The molecule has 4 rings (SSSR count). The molecule has 0 spiro atoms. The van der Waals surface area contributed by atoms with Crippen LogP contribution in [0.15, 0.2) is 58.9 Å². The van der Waals surface area contributed by atoms with Gasteiger partial charge in [0.2, 0.25) is 5.91 Å². The summed E-state index contributed by atoms with van der Waals surface area (Å²) in [5, 5.41) is 12.5. The standard InChI is InChI=1S/C23H21N3OS2/c24-15-19-18(17-8-3-1-4-9-17)14-20(21-10-7-13-28-21)25-23(19)29-16-22(27)26-11-5-2-6-12-26/h1,3-4,7-10,13-14H,2,5-6,11-12,16H2. The van der Waals surface area contributed by atoms with Crippen molar-refractivity contribution in [2.24, 2.45) is 0 Å². The van der Waals surface area contributed by atoms with Crippen LogP contribution in [0.4, 0.5) is 0 Å². The zero-order valence-electron chi connectivity index (χ0n) is 16.0. The Hall–Kier alpha value is -2.62.